The Morgan fingerprint density at radius 2 is 1.44 bits per heavy atom. The predicted molar refractivity (Wildman–Crippen MR) is 153 cm³/mol. The van der Waals surface area contributed by atoms with Crippen molar-refractivity contribution in [1.82, 2.24) is 0 Å². The summed E-state index contributed by atoms with van der Waals surface area (Å²) < 4.78 is 59.0. The summed E-state index contributed by atoms with van der Waals surface area (Å²) in [5.74, 6) is 0.236. The molecule has 208 valence electrons. The predicted octanol–water partition coefficient (Wildman–Crippen LogP) is 10.4. The van der Waals surface area contributed by atoms with Gasteiger partial charge in [-0.05, 0) is 0 Å². The van der Waals surface area contributed by atoms with E-state index in [1.54, 1.807) is 6.07 Å². The van der Waals surface area contributed by atoms with Crippen molar-refractivity contribution in [3.63, 3.8) is 0 Å². The number of ether oxygens (including phenoxy) is 1. The molecular weight excluding hydrogens is 584 g/mol. The maximum atomic E-state index is 13.2. The standard InChI is InChI=1S/C17H24F3O2Si.3C4H9.Sn/c1-7-14(22-23(5,6)16(2,3)4)12-21-15-10-8-9-13(11-15)17(18,19)20;3*1-3-4-2;/h1,7-11,14H,12H2,2-6H3;3*1,3-4H2,2H3;/t14-;;;;/m1..../s1. The molecule has 0 N–H and O–H groups in total. The van der Waals surface area contributed by atoms with Gasteiger partial charge in [0.05, 0.1) is 0 Å². The fraction of sp³-hybridized carbons (Fsp3) is 0.724. The number of benzene rings is 1. The average Bonchev–Trinajstić information content (AvgIpc) is 2.80. The monoisotopic (exact) mass is 636 g/mol. The van der Waals surface area contributed by atoms with Crippen LogP contribution in [0.1, 0.15) is 85.6 Å². The molecule has 0 amide bonds. The van der Waals surface area contributed by atoms with Crippen LogP contribution in [0, 0.1) is 0 Å². The molecular formula is C29H51F3O2SiSn. The number of hydrogen-bond donors (Lipinski definition) is 0. The second-order valence-corrected chi connectivity index (χ2v) is 29.6. The van der Waals surface area contributed by atoms with Crippen LogP contribution in [-0.4, -0.2) is 39.4 Å². The minimum absolute atomic E-state index is 0.0301. The van der Waals surface area contributed by atoms with Crippen LogP contribution < -0.4 is 4.74 Å². The van der Waals surface area contributed by atoms with Crippen LogP contribution in [0.5, 0.6) is 5.75 Å². The molecule has 0 spiro atoms. The van der Waals surface area contributed by atoms with Gasteiger partial charge in [-0.15, -0.1) is 0 Å². The summed E-state index contributed by atoms with van der Waals surface area (Å²) in [6.07, 6.45) is 5.09. The van der Waals surface area contributed by atoms with Gasteiger partial charge in [0.2, 0.25) is 0 Å². The van der Waals surface area contributed by atoms with Crippen LogP contribution in [-0.2, 0) is 10.6 Å². The molecule has 0 radical (unpaired) electrons. The molecule has 0 unspecified atom stereocenters. The summed E-state index contributed by atoms with van der Waals surface area (Å²) in [6, 6.07) is 5.16. The number of unbranched alkanes of at least 4 members (excludes halogenated alkanes) is 3. The van der Waals surface area contributed by atoms with Crippen molar-refractivity contribution in [3.05, 3.63) is 40.0 Å². The van der Waals surface area contributed by atoms with Crippen LogP contribution in [0.3, 0.4) is 0 Å². The first kappa shape index (κ1) is 33.6. The summed E-state index contributed by atoms with van der Waals surface area (Å²) in [5.41, 5.74) is -0.689. The van der Waals surface area contributed by atoms with E-state index in [1.165, 1.54) is 57.9 Å². The van der Waals surface area contributed by atoms with Gasteiger partial charge in [0.15, 0.2) is 0 Å². The molecule has 7 heteroatoms. The van der Waals surface area contributed by atoms with E-state index in [0.29, 0.717) is 0 Å². The first-order valence-corrected chi connectivity index (χ1v) is 24.5. The first-order valence-electron chi connectivity index (χ1n) is 13.9. The Morgan fingerprint density at radius 1 is 0.917 bits per heavy atom. The molecule has 1 aromatic carbocycles. The fourth-order valence-electron chi connectivity index (χ4n) is 4.15. The molecule has 0 saturated heterocycles. The van der Waals surface area contributed by atoms with E-state index in [4.69, 9.17) is 9.16 Å². The summed E-state index contributed by atoms with van der Waals surface area (Å²) in [7, 11) is -2.11. The Hall–Kier alpha value is -0.474. The quantitative estimate of drug-likeness (QED) is 0.168. The van der Waals surface area contributed by atoms with E-state index >= 15 is 0 Å². The van der Waals surface area contributed by atoms with Crippen LogP contribution in [0.2, 0.25) is 31.4 Å². The SMILES string of the molecule is CCC[CH2][Sn]([CH]=C[C@H](COc1cccc(C(F)(F)F)c1)O[Si](C)(C)C(C)(C)C)([CH2]CCC)[CH2]CCC. The van der Waals surface area contributed by atoms with Gasteiger partial charge in [-0.1, -0.05) is 0 Å². The van der Waals surface area contributed by atoms with Crippen molar-refractivity contribution in [2.45, 2.75) is 124 Å². The van der Waals surface area contributed by atoms with Crippen LogP contribution in [0.15, 0.2) is 34.4 Å². The second kappa shape index (κ2) is 15.2. The van der Waals surface area contributed by atoms with Crippen molar-refractivity contribution >= 4 is 26.7 Å². The van der Waals surface area contributed by atoms with Crippen LogP contribution in [0.25, 0.3) is 0 Å². The van der Waals surface area contributed by atoms with Gasteiger partial charge in [-0.2, -0.15) is 0 Å². The van der Waals surface area contributed by atoms with Gasteiger partial charge in [0.25, 0.3) is 0 Å². The zero-order valence-electron chi connectivity index (χ0n) is 24.1. The van der Waals surface area contributed by atoms with Gasteiger partial charge in [-0.3, -0.25) is 0 Å². The second-order valence-electron chi connectivity index (χ2n) is 11.8. The zero-order chi connectivity index (χ0) is 27.5. The third-order valence-electron chi connectivity index (χ3n) is 7.58. The molecule has 0 aromatic heterocycles. The van der Waals surface area contributed by atoms with Gasteiger partial charge in [0, 0.05) is 0 Å². The van der Waals surface area contributed by atoms with Gasteiger partial charge >= 0.3 is 225 Å². The Morgan fingerprint density at radius 3 is 1.89 bits per heavy atom. The topological polar surface area (TPSA) is 18.5 Å². The van der Waals surface area contributed by atoms with E-state index in [9.17, 15) is 13.2 Å². The normalized spacial score (nSPS) is 14.4. The Bertz CT molecular complexity index is 766. The molecule has 1 rings (SSSR count). The Balaban J connectivity index is 3.26. The fourth-order valence-corrected chi connectivity index (χ4v) is 19.8. The van der Waals surface area contributed by atoms with E-state index in [-0.39, 0.29) is 23.5 Å². The maximum absolute atomic E-state index is 13.2. The molecule has 36 heavy (non-hydrogen) atoms. The number of rotatable bonds is 16. The van der Waals surface area contributed by atoms with E-state index in [0.717, 1.165) is 12.1 Å². The molecule has 0 heterocycles. The molecule has 0 bridgehead atoms. The molecule has 0 aliphatic heterocycles. The summed E-state index contributed by atoms with van der Waals surface area (Å²) in [5, 5.41) is 0.0301. The third kappa shape index (κ3) is 11.5. The summed E-state index contributed by atoms with van der Waals surface area (Å²) in [6.45, 7) is 18.1. The van der Waals surface area contributed by atoms with E-state index in [1.807, 2.05) is 0 Å². The number of alkyl halides is 3. The average molecular weight is 636 g/mol. The molecule has 0 fully saturated rings. The van der Waals surface area contributed by atoms with Crippen molar-refractivity contribution in [3.8, 4) is 5.75 Å². The van der Waals surface area contributed by atoms with Gasteiger partial charge in [-0.25, -0.2) is 0 Å². The summed E-state index contributed by atoms with van der Waals surface area (Å²) in [4.78, 5) is 0. The Labute approximate surface area is 224 Å². The molecule has 0 aliphatic rings. The molecule has 1 atom stereocenters. The minimum atomic E-state index is -4.39. The van der Waals surface area contributed by atoms with Crippen molar-refractivity contribution < 1.29 is 22.3 Å². The van der Waals surface area contributed by atoms with E-state index < -0.39 is 38.4 Å². The third-order valence-corrected chi connectivity index (χ3v) is 26.2. The first-order chi connectivity index (χ1) is 16.7. The van der Waals surface area contributed by atoms with Gasteiger partial charge in [0.1, 0.15) is 0 Å². The van der Waals surface area contributed by atoms with Crippen molar-refractivity contribution in [2.24, 2.45) is 0 Å². The van der Waals surface area contributed by atoms with Gasteiger partial charge < -0.3 is 0 Å². The summed E-state index contributed by atoms with van der Waals surface area (Å²) >= 11 is -2.54. The van der Waals surface area contributed by atoms with E-state index in [2.05, 4.69) is 64.8 Å². The van der Waals surface area contributed by atoms with Crippen LogP contribution >= 0.6 is 0 Å². The van der Waals surface area contributed by atoms with Crippen molar-refractivity contribution in [2.75, 3.05) is 6.61 Å². The zero-order valence-corrected chi connectivity index (χ0v) is 27.9. The Kier molecular flexibility index (Phi) is 14.2. The number of hydrogen-bond acceptors (Lipinski definition) is 2. The molecule has 0 aliphatic carbocycles. The molecule has 1 aromatic rings. The number of halogens is 3. The van der Waals surface area contributed by atoms with Crippen LogP contribution in [0.4, 0.5) is 13.2 Å². The molecule has 2 nitrogen and oxygen atoms in total. The van der Waals surface area contributed by atoms with Crippen molar-refractivity contribution in [1.29, 1.82) is 0 Å². The molecule has 0 saturated carbocycles.